The van der Waals surface area contributed by atoms with E-state index in [0.29, 0.717) is 11.0 Å². The summed E-state index contributed by atoms with van der Waals surface area (Å²) in [6.07, 6.45) is 3.44. The molecule has 4 rings (SSSR count). The van der Waals surface area contributed by atoms with Gasteiger partial charge in [0.25, 0.3) is 5.91 Å². The fraction of sp³-hybridized carbons (Fsp3) is 0.125. The van der Waals surface area contributed by atoms with Crippen LogP contribution in [0.1, 0.15) is 18.1 Å². The lowest BCUT2D eigenvalue weighted by atomic mass is 10.1. The van der Waals surface area contributed by atoms with E-state index in [4.69, 9.17) is 0 Å². The molecule has 4 aromatic rings. The molecule has 9 heteroatoms. The van der Waals surface area contributed by atoms with Gasteiger partial charge in [0.05, 0.1) is 11.5 Å². The normalized spacial score (nSPS) is 11.4. The molecular formula is C24H21BrN6OS. The van der Waals surface area contributed by atoms with Crippen LogP contribution in [-0.4, -0.2) is 37.1 Å². The first-order chi connectivity index (χ1) is 16.0. The fourth-order valence-electron chi connectivity index (χ4n) is 3.04. The van der Waals surface area contributed by atoms with Crippen molar-refractivity contribution >= 4 is 39.3 Å². The summed E-state index contributed by atoms with van der Waals surface area (Å²) < 4.78 is 2.94. The first-order valence-corrected chi connectivity index (χ1v) is 11.9. The Morgan fingerprint density at radius 3 is 2.42 bits per heavy atom. The van der Waals surface area contributed by atoms with Gasteiger partial charge in [-0.3, -0.25) is 14.3 Å². The van der Waals surface area contributed by atoms with Crippen LogP contribution in [0, 0.1) is 6.92 Å². The number of aryl methyl sites for hydroxylation is 1. The molecule has 2 aromatic carbocycles. The number of carbonyl (C=O) groups excluding carboxylic acids is 1. The summed E-state index contributed by atoms with van der Waals surface area (Å²) >= 11 is 4.72. The minimum atomic E-state index is -0.222. The van der Waals surface area contributed by atoms with Gasteiger partial charge < -0.3 is 0 Å². The van der Waals surface area contributed by atoms with E-state index < -0.39 is 0 Å². The molecule has 0 spiro atoms. The number of halogens is 1. The van der Waals surface area contributed by atoms with Crippen LogP contribution < -0.4 is 5.43 Å². The lowest BCUT2D eigenvalue weighted by Gasteiger charge is -2.10. The molecule has 0 bridgehead atoms. The van der Waals surface area contributed by atoms with Crippen molar-refractivity contribution in [3.8, 4) is 17.1 Å². The van der Waals surface area contributed by atoms with Gasteiger partial charge in [-0.1, -0.05) is 57.5 Å². The molecular weight excluding hydrogens is 500 g/mol. The van der Waals surface area contributed by atoms with Crippen LogP contribution in [0.2, 0.25) is 0 Å². The molecule has 33 heavy (non-hydrogen) atoms. The van der Waals surface area contributed by atoms with Crippen molar-refractivity contribution in [3.05, 3.63) is 88.7 Å². The van der Waals surface area contributed by atoms with E-state index in [1.807, 2.05) is 79.1 Å². The molecule has 2 heterocycles. The maximum Gasteiger partial charge on any atom is 0.250 e. The molecule has 0 aliphatic rings. The molecule has 2 aromatic heterocycles. The standard InChI is InChI=1S/C24H21BrN6OS/c1-16-3-9-21(10-4-16)31-23(19-11-13-26-14-12-19)29-30-24(31)33-15-22(32)28-27-17(2)18-5-7-20(25)8-6-18/h3-14H,15H2,1-2H3,(H,28,32)/b27-17+. The van der Waals surface area contributed by atoms with Gasteiger partial charge in [0, 0.05) is 28.1 Å². The molecule has 166 valence electrons. The summed E-state index contributed by atoms with van der Waals surface area (Å²) in [5, 5.41) is 13.6. The average Bonchev–Trinajstić information content (AvgIpc) is 3.26. The monoisotopic (exact) mass is 520 g/mol. The molecule has 0 aliphatic heterocycles. The van der Waals surface area contributed by atoms with Crippen molar-refractivity contribution in [1.29, 1.82) is 0 Å². The van der Waals surface area contributed by atoms with Gasteiger partial charge in [-0.25, -0.2) is 5.43 Å². The summed E-state index contributed by atoms with van der Waals surface area (Å²) in [7, 11) is 0. The van der Waals surface area contributed by atoms with Gasteiger partial charge in [-0.2, -0.15) is 5.10 Å². The summed E-state index contributed by atoms with van der Waals surface area (Å²) in [6, 6.07) is 19.6. The third-order valence-corrected chi connectivity index (χ3v) is 6.26. The highest BCUT2D eigenvalue weighted by molar-refractivity contribution is 9.10. The number of aromatic nitrogens is 4. The number of carbonyl (C=O) groups is 1. The predicted molar refractivity (Wildman–Crippen MR) is 135 cm³/mol. The number of nitrogens with zero attached hydrogens (tertiary/aromatic N) is 5. The average molecular weight is 521 g/mol. The van der Waals surface area contributed by atoms with Gasteiger partial charge in [-0.15, -0.1) is 10.2 Å². The van der Waals surface area contributed by atoms with Crippen LogP contribution >= 0.6 is 27.7 Å². The molecule has 0 unspecified atom stereocenters. The highest BCUT2D eigenvalue weighted by Crippen LogP contribution is 2.27. The number of amides is 1. The number of hydrazone groups is 1. The first kappa shape index (κ1) is 22.9. The van der Waals surface area contributed by atoms with Crippen molar-refractivity contribution in [2.75, 3.05) is 5.75 Å². The fourth-order valence-corrected chi connectivity index (χ4v) is 4.05. The number of benzene rings is 2. The predicted octanol–water partition coefficient (Wildman–Crippen LogP) is 5.03. The topological polar surface area (TPSA) is 85.1 Å². The van der Waals surface area contributed by atoms with Gasteiger partial charge in [0.15, 0.2) is 11.0 Å². The Kier molecular flexibility index (Phi) is 7.31. The number of hydrogen-bond acceptors (Lipinski definition) is 6. The zero-order valence-electron chi connectivity index (χ0n) is 18.1. The van der Waals surface area contributed by atoms with Gasteiger partial charge in [0.1, 0.15) is 0 Å². The van der Waals surface area contributed by atoms with Crippen molar-refractivity contribution in [2.24, 2.45) is 5.10 Å². The second-order valence-corrected chi connectivity index (χ2v) is 9.10. The molecule has 7 nitrogen and oxygen atoms in total. The zero-order valence-corrected chi connectivity index (χ0v) is 20.5. The molecule has 0 atom stereocenters. The summed E-state index contributed by atoms with van der Waals surface area (Å²) in [4.78, 5) is 16.5. The van der Waals surface area contributed by atoms with Crippen LogP contribution in [0.5, 0.6) is 0 Å². The minimum absolute atomic E-state index is 0.150. The Morgan fingerprint density at radius 2 is 1.73 bits per heavy atom. The Labute approximate surface area is 204 Å². The van der Waals surface area contributed by atoms with E-state index in [0.717, 1.165) is 32.6 Å². The number of nitrogens with one attached hydrogen (secondary N) is 1. The van der Waals surface area contributed by atoms with Gasteiger partial charge in [0.2, 0.25) is 0 Å². The quantitative estimate of drug-likeness (QED) is 0.210. The highest BCUT2D eigenvalue weighted by Gasteiger charge is 2.17. The molecule has 0 fully saturated rings. The molecule has 1 amide bonds. The molecule has 0 saturated carbocycles. The van der Waals surface area contributed by atoms with Crippen LogP contribution in [-0.2, 0) is 4.79 Å². The van der Waals surface area contributed by atoms with E-state index >= 15 is 0 Å². The highest BCUT2D eigenvalue weighted by atomic mass is 79.9. The summed E-state index contributed by atoms with van der Waals surface area (Å²) in [6.45, 7) is 3.89. The lowest BCUT2D eigenvalue weighted by molar-refractivity contribution is -0.118. The van der Waals surface area contributed by atoms with E-state index in [9.17, 15) is 4.79 Å². The second kappa shape index (κ2) is 10.5. The maximum absolute atomic E-state index is 12.5. The van der Waals surface area contributed by atoms with Crippen LogP contribution in [0.4, 0.5) is 0 Å². The Hall–Kier alpha value is -3.30. The number of rotatable bonds is 7. The summed E-state index contributed by atoms with van der Waals surface area (Å²) in [5.41, 5.74) is 7.26. The smallest absolute Gasteiger partial charge is 0.250 e. The van der Waals surface area contributed by atoms with Gasteiger partial charge in [-0.05, 0) is 55.8 Å². The minimum Gasteiger partial charge on any atom is -0.272 e. The molecule has 0 aliphatic carbocycles. The lowest BCUT2D eigenvalue weighted by Crippen LogP contribution is -2.21. The van der Waals surface area contributed by atoms with Crippen LogP contribution in [0.15, 0.2) is 87.8 Å². The van der Waals surface area contributed by atoms with Crippen molar-refractivity contribution < 1.29 is 4.79 Å². The van der Waals surface area contributed by atoms with Crippen molar-refractivity contribution in [2.45, 2.75) is 19.0 Å². The second-order valence-electron chi connectivity index (χ2n) is 7.24. The van der Waals surface area contributed by atoms with E-state index in [1.165, 1.54) is 11.8 Å². The molecule has 0 saturated heterocycles. The number of pyridine rings is 1. The molecule has 0 radical (unpaired) electrons. The third-order valence-electron chi connectivity index (χ3n) is 4.81. The largest absolute Gasteiger partial charge is 0.272 e. The first-order valence-electron chi connectivity index (χ1n) is 10.2. The summed E-state index contributed by atoms with van der Waals surface area (Å²) in [5.74, 6) is 0.617. The maximum atomic E-state index is 12.5. The van der Waals surface area contributed by atoms with Gasteiger partial charge >= 0.3 is 0 Å². The van der Waals surface area contributed by atoms with E-state index in [-0.39, 0.29) is 11.7 Å². The Balaban J connectivity index is 1.51. The zero-order chi connectivity index (χ0) is 23.2. The van der Waals surface area contributed by atoms with Crippen molar-refractivity contribution in [1.82, 2.24) is 25.2 Å². The number of hydrogen-bond donors (Lipinski definition) is 1. The molecule has 1 N–H and O–H groups in total. The van der Waals surface area contributed by atoms with Crippen LogP contribution in [0.25, 0.3) is 17.1 Å². The van der Waals surface area contributed by atoms with Crippen LogP contribution in [0.3, 0.4) is 0 Å². The Bertz CT molecular complexity index is 1270. The van der Waals surface area contributed by atoms with E-state index in [1.54, 1.807) is 12.4 Å². The van der Waals surface area contributed by atoms with E-state index in [2.05, 4.69) is 41.6 Å². The van der Waals surface area contributed by atoms with Crippen molar-refractivity contribution in [3.63, 3.8) is 0 Å². The third kappa shape index (κ3) is 5.74. The Morgan fingerprint density at radius 1 is 1.03 bits per heavy atom. The number of thioether (sulfide) groups is 1. The SMILES string of the molecule is C/C(=N\NC(=O)CSc1nnc(-c2ccncc2)n1-c1ccc(C)cc1)c1ccc(Br)cc1.